The van der Waals surface area contributed by atoms with Crippen LogP contribution in [0.5, 0.6) is 0 Å². The molecule has 0 atom stereocenters. The summed E-state index contributed by atoms with van der Waals surface area (Å²) in [6, 6.07) is 9.57. The summed E-state index contributed by atoms with van der Waals surface area (Å²) in [6.45, 7) is 4.09. The number of hydrogen-bond acceptors (Lipinski definition) is 3. The van der Waals surface area contributed by atoms with E-state index in [1.807, 2.05) is 13.0 Å². The maximum atomic E-state index is 13.6. The molecule has 1 heterocycles. The van der Waals surface area contributed by atoms with Crippen LogP contribution >= 0.6 is 11.6 Å². The topological polar surface area (TPSA) is 78.4 Å². The Labute approximate surface area is 163 Å². The molecule has 144 valence electrons. The van der Waals surface area contributed by atoms with Crippen molar-refractivity contribution in [2.24, 2.45) is 4.99 Å². The molecule has 1 aromatic carbocycles. The standard InChI is InChI=1S/C19H23ClFN5O/c1-2-22-19(24-10-9-14-7-8-17(20)26-13-14)25-12-11-23-18(27)15-5-3-4-6-16(15)21/h3-8,13H,2,9-12H2,1H3,(H,23,27)(H2,22,24,25). The maximum Gasteiger partial charge on any atom is 0.254 e. The minimum atomic E-state index is -0.533. The zero-order valence-corrected chi connectivity index (χ0v) is 15.9. The van der Waals surface area contributed by atoms with Gasteiger partial charge >= 0.3 is 0 Å². The first-order valence-electron chi connectivity index (χ1n) is 8.75. The van der Waals surface area contributed by atoms with Gasteiger partial charge in [0, 0.05) is 32.4 Å². The van der Waals surface area contributed by atoms with Crippen molar-refractivity contribution in [3.8, 4) is 0 Å². The Morgan fingerprint density at radius 2 is 1.93 bits per heavy atom. The van der Waals surface area contributed by atoms with Gasteiger partial charge in [0.15, 0.2) is 5.96 Å². The second kappa shape index (κ2) is 11.1. The van der Waals surface area contributed by atoms with Gasteiger partial charge in [0.25, 0.3) is 5.91 Å². The number of nitrogens with zero attached hydrogens (tertiary/aromatic N) is 2. The molecule has 27 heavy (non-hydrogen) atoms. The zero-order chi connectivity index (χ0) is 19.5. The number of hydrogen-bond donors (Lipinski definition) is 3. The predicted octanol–water partition coefficient (Wildman–Crippen LogP) is 2.40. The van der Waals surface area contributed by atoms with Crippen molar-refractivity contribution in [2.75, 3.05) is 26.2 Å². The molecule has 2 rings (SSSR count). The molecule has 0 bridgehead atoms. The summed E-state index contributed by atoms with van der Waals surface area (Å²) in [7, 11) is 0. The number of halogens is 2. The van der Waals surface area contributed by atoms with Crippen LogP contribution in [0.1, 0.15) is 22.8 Å². The summed E-state index contributed by atoms with van der Waals surface area (Å²) >= 11 is 5.77. The highest BCUT2D eigenvalue weighted by atomic mass is 35.5. The van der Waals surface area contributed by atoms with E-state index >= 15 is 0 Å². The van der Waals surface area contributed by atoms with Gasteiger partial charge in [0.2, 0.25) is 0 Å². The van der Waals surface area contributed by atoms with Crippen LogP contribution in [0.2, 0.25) is 5.15 Å². The van der Waals surface area contributed by atoms with Crippen LogP contribution in [-0.4, -0.2) is 43.0 Å². The van der Waals surface area contributed by atoms with Crippen LogP contribution in [0, 0.1) is 5.82 Å². The van der Waals surface area contributed by atoms with Crippen LogP contribution in [0.25, 0.3) is 0 Å². The molecule has 6 nitrogen and oxygen atoms in total. The molecule has 0 aliphatic rings. The summed E-state index contributed by atoms with van der Waals surface area (Å²) in [6.07, 6.45) is 2.47. The van der Waals surface area contributed by atoms with Gasteiger partial charge in [-0.05, 0) is 37.1 Å². The van der Waals surface area contributed by atoms with Crippen molar-refractivity contribution in [1.29, 1.82) is 0 Å². The summed E-state index contributed by atoms with van der Waals surface area (Å²) < 4.78 is 13.6. The predicted molar refractivity (Wildman–Crippen MR) is 106 cm³/mol. The summed E-state index contributed by atoms with van der Waals surface area (Å²) in [5.41, 5.74) is 1.09. The first kappa shape index (κ1) is 20.6. The fourth-order valence-electron chi connectivity index (χ4n) is 2.29. The number of pyridine rings is 1. The van der Waals surface area contributed by atoms with E-state index in [0.717, 1.165) is 18.5 Å². The highest BCUT2D eigenvalue weighted by Gasteiger charge is 2.09. The van der Waals surface area contributed by atoms with Gasteiger partial charge in [-0.1, -0.05) is 29.8 Å². The molecule has 0 saturated carbocycles. The van der Waals surface area contributed by atoms with Gasteiger partial charge in [-0.25, -0.2) is 9.37 Å². The highest BCUT2D eigenvalue weighted by molar-refractivity contribution is 6.29. The lowest BCUT2D eigenvalue weighted by molar-refractivity contribution is 0.0950. The molecule has 0 aliphatic heterocycles. The maximum absolute atomic E-state index is 13.6. The number of rotatable bonds is 8. The number of nitrogens with one attached hydrogen (secondary N) is 3. The third-order valence-corrected chi connectivity index (χ3v) is 3.85. The molecule has 0 fully saturated rings. The highest BCUT2D eigenvalue weighted by Crippen LogP contribution is 2.06. The van der Waals surface area contributed by atoms with E-state index in [9.17, 15) is 9.18 Å². The fourth-order valence-corrected chi connectivity index (χ4v) is 2.40. The molecular formula is C19H23ClFN5O. The molecule has 2 aromatic rings. The van der Waals surface area contributed by atoms with Crippen molar-refractivity contribution in [1.82, 2.24) is 20.9 Å². The fraction of sp³-hybridized carbons (Fsp3) is 0.316. The Kier molecular flexibility index (Phi) is 8.51. The summed E-state index contributed by atoms with van der Waals surface area (Å²) in [5, 5.41) is 9.41. The number of aromatic nitrogens is 1. The van der Waals surface area contributed by atoms with E-state index in [4.69, 9.17) is 11.6 Å². The van der Waals surface area contributed by atoms with Crippen LogP contribution < -0.4 is 16.0 Å². The molecule has 0 radical (unpaired) electrons. The van der Waals surface area contributed by atoms with Crippen LogP contribution in [0.3, 0.4) is 0 Å². The van der Waals surface area contributed by atoms with Gasteiger partial charge in [-0.3, -0.25) is 9.79 Å². The largest absolute Gasteiger partial charge is 0.357 e. The van der Waals surface area contributed by atoms with Gasteiger partial charge in [0.05, 0.1) is 5.56 Å². The molecule has 0 aliphatic carbocycles. The summed E-state index contributed by atoms with van der Waals surface area (Å²) in [5.74, 6) is -0.318. The average Bonchev–Trinajstić information content (AvgIpc) is 2.67. The Balaban J connectivity index is 1.75. The van der Waals surface area contributed by atoms with Crippen LogP contribution in [0.4, 0.5) is 4.39 Å². The van der Waals surface area contributed by atoms with Crippen molar-refractivity contribution >= 4 is 23.5 Å². The normalized spacial score (nSPS) is 11.1. The minimum Gasteiger partial charge on any atom is -0.357 e. The number of amides is 1. The number of carbonyl (C=O) groups excluding carboxylic acids is 1. The molecule has 0 unspecified atom stereocenters. The lowest BCUT2D eigenvalue weighted by Crippen LogP contribution is -2.41. The quantitative estimate of drug-likeness (QED) is 0.279. The molecular weight excluding hydrogens is 369 g/mol. The SMILES string of the molecule is CCNC(=NCCc1ccc(Cl)nc1)NCCNC(=O)c1ccccc1F. The number of guanidine groups is 1. The molecule has 8 heteroatoms. The van der Waals surface area contributed by atoms with Crippen molar-refractivity contribution in [2.45, 2.75) is 13.3 Å². The van der Waals surface area contributed by atoms with Crippen molar-refractivity contribution < 1.29 is 9.18 Å². The number of carbonyl (C=O) groups is 1. The molecule has 0 spiro atoms. The summed E-state index contributed by atoms with van der Waals surface area (Å²) in [4.78, 5) is 20.5. The zero-order valence-electron chi connectivity index (χ0n) is 15.1. The lowest BCUT2D eigenvalue weighted by Gasteiger charge is -2.12. The average molecular weight is 392 g/mol. The molecule has 1 aromatic heterocycles. The smallest absolute Gasteiger partial charge is 0.254 e. The Morgan fingerprint density at radius 3 is 2.63 bits per heavy atom. The third-order valence-electron chi connectivity index (χ3n) is 3.62. The number of aliphatic imine (C=N–C) groups is 1. The Morgan fingerprint density at radius 1 is 1.15 bits per heavy atom. The van der Waals surface area contributed by atoms with E-state index in [-0.39, 0.29) is 5.56 Å². The van der Waals surface area contributed by atoms with E-state index in [1.165, 1.54) is 12.1 Å². The monoisotopic (exact) mass is 391 g/mol. The molecule has 1 amide bonds. The second-order valence-electron chi connectivity index (χ2n) is 5.66. The van der Waals surface area contributed by atoms with Crippen LogP contribution in [-0.2, 0) is 6.42 Å². The van der Waals surface area contributed by atoms with Gasteiger partial charge in [0.1, 0.15) is 11.0 Å². The number of benzene rings is 1. The second-order valence-corrected chi connectivity index (χ2v) is 6.05. The lowest BCUT2D eigenvalue weighted by atomic mass is 10.2. The third kappa shape index (κ3) is 7.22. The van der Waals surface area contributed by atoms with E-state index in [0.29, 0.717) is 30.7 Å². The van der Waals surface area contributed by atoms with Gasteiger partial charge in [-0.2, -0.15) is 0 Å². The van der Waals surface area contributed by atoms with E-state index in [1.54, 1.807) is 24.4 Å². The van der Waals surface area contributed by atoms with Gasteiger partial charge < -0.3 is 16.0 Å². The van der Waals surface area contributed by atoms with Gasteiger partial charge in [-0.15, -0.1) is 0 Å². The molecule has 3 N–H and O–H groups in total. The van der Waals surface area contributed by atoms with Crippen LogP contribution in [0.15, 0.2) is 47.6 Å². The van der Waals surface area contributed by atoms with E-state index < -0.39 is 11.7 Å². The van der Waals surface area contributed by atoms with Crippen molar-refractivity contribution in [3.05, 3.63) is 64.7 Å². The first-order chi connectivity index (χ1) is 13.1. The van der Waals surface area contributed by atoms with E-state index in [2.05, 4.69) is 25.9 Å². The Hall–Kier alpha value is -2.67. The Bertz CT molecular complexity index is 767. The molecule has 0 saturated heterocycles. The van der Waals surface area contributed by atoms with Crippen molar-refractivity contribution in [3.63, 3.8) is 0 Å². The first-order valence-corrected chi connectivity index (χ1v) is 9.13. The minimum absolute atomic E-state index is 0.0367.